The van der Waals surface area contributed by atoms with Crippen LogP contribution in [-0.4, -0.2) is 32.5 Å². The van der Waals surface area contributed by atoms with E-state index in [0.29, 0.717) is 22.0 Å². The van der Waals surface area contributed by atoms with E-state index in [1.807, 2.05) is 6.92 Å². The zero-order valence-electron chi connectivity index (χ0n) is 19.4. The van der Waals surface area contributed by atoms with Crippen molar-refractivity contribution in [2.75, 3.05) is 16.2 Å². The third-order valence-electron chi connectivity index (χ3n) is 4.94. The van der Waals surface area contributed by atoms with Gasteiger partial charge in [0.2, 0.25) is 5.91 Å². The number of aryl methyl sites for hydroxylation is 1. The summed E-state index contributed by atoms with van der Waals surface area (Å²) in [7, 11) is -4.07. The molecular weight excluding hydrogens is 488 g/mol. The van der Waals surface area contributed by atoms with Gasteiger partial charge >= 0.3 is 0 Å². The second kappa shape index (κ2) is 11.2. The Bertz CT molecular complexity index is 1370. The van der Waals surface area contributed by atoms with Gasteiger partial charge in [-0.15, -0.1) is 0 Å². The lowest BCUT2D eigenvalue weighted by molar-refractivity contribution is -0.119. The molecule has 8 nitrogen and oxygen atoms in total. The molecule has 0 aliphatic rings. The summed E-state index contributed by atoms with van der Waals surface area (Å²) in [5, 5.41) is 7.12. The van der Waals surface area contributed by atoms with Gasteiger partial charge in [0.05, 0.1) is 16.3 Å². The molecule has 3 aromatic rings. The first-order chi connectivity index (χ1) is 16.6. The summed E-state index contributed by atoms with van der Waals surface area (Å²) < 4.78 is 27.8. The Kier molecular flexibility index (Phi) is 8.26. The summed E-state index contributed by atoms with van der Waals surface area (Å²) in [5.74, 6) is -0.848. The number of amides is 2. The molecular formula is C25H25ClN4O4S. The molecule has 3 rings (SSSR count). The molecule has 182 valence electrons. The quantitative estimate of drug-likeness (QED) is 0.345. The van der Waals surface area contributed by atoms with Crippen molar-refractivity contribution in [2.24, 2.45) is 5.10 Å². The van der Waals surface area contributed by atoms with Crippen LogP contribution in [0.1, 0.15) is 25.0 Å². The molecule has 0 spiro atoms. The Morgan fingerprint density at radius 2 is 1.66 bits per heavy atom. The average molecular weight is 513 g/mol. The van der Waals surface area contributed by atoms with Crippen molar-refractivity contribution in [3.05, 3.63) is 88.9 Å². The summed E-state index contributed by atoms with van der Waals surface area (Å²) in [4.78, 5) is 24.1. The van der Waals surface area contributed by atoms with Crippen LogP contribution in [0.25, 0.3) is 0 Å². The van der Waals surface area contributed by atoms with E-state index >= 15 is 0 Å². The zero-order chi connectivity index (χ0) is 25.6. The topological polar surface area (TPSA) is 108 Å². The normalized spacial score (nSPS) is 11.6. The molecule has 0 aliphatic carbocycles. The highest BCUT2D eigenvalue weighted by Gasteiger charge is 2.27. The van der Waals surface area contributed by atoms with E-state index < -0.39 is 22.5 Å². The zero-order valence-corrected chi connectivity index (χ0v) is 21.0. The monoisotopic (exact) mass is 512 g/mol. The van der Waals surface area contributed by atoms with E-state index in [1.54, 1.807) is 61.5 Å². The summed E-state index contributed by atoms with van der Waals surface area (Å²) in [6.45, 7) is 4.43. The van der Waals surface area contributed by atoms with Gasteiger partial charge in [-0.3, -0.25) is 13.9 Å². The van der Waals surface area contributed by atoms with Crippen LogP contribution in [0.15, 0.2) is 82.8 Å². The number of sulfonamides is 1. The number of nitrogens with zero attached hydrogens (tertiary/aromatic N) is 2. The molecule has 0 saturated heterocycles. The van der Waals surface area contributed by atoms with E-state index in [2.05, 4.69) is 15.8 Å². The summed E-state index contributed by atoms with van der Waals surface area (Å²) in [6.07, 6.45) is 0. The first kappa shape index (κ1) is 25.9. The van der Waals surface area contributed by atoms with Gasteiger partial charge in [-0.25, -0.2) is 13.8 Å². The van der Waals surface area contributed by atoms with Crippen LogP contribution in [0.4, 0.5) is 11.4 Å². The molecule has 0 fully saturated rings. The Labute approximate surface area is 209 Å². The molecule has 0 atom stereocenters. The molecule has 0 saturated carbocycles. The number of hydrogen-bond donors (Lipinski definition) is 2. The number of rotatable bonds is 8. The molecule has 2 amide bonds. The maximum atomic E-state index is 13.4. The van der Waals surface area contributed by atoms with E-state index in [9.17, 15) is 18.0 Å². The third kappa shape index (κ3) is 6.91. The lowest BCUT2D eigenvalue weighted by atomic mass is 10.1. The standard InChI is InChI=1S/C25H25ClN4O4S/c1-17-10-12-24(13-11-17)35(33,34)30(23-9-5-7-21(26)15-23)16-25(32)29-28-18(2)20-6-4-8-22(14-20)27-19(3)31/h4-15H,16H2,1-3H3,(H,27,31)(H,29,32)/b28-18-. The van der Waals surface area contributed by atoms with Crippen molar-refractivity contribution in [2.45, 2.75) is 25.7 Å². The Morgan fingerprint density at radius 3 is 2.31 bits per heavy atom. The van der Waals surface area contributed by atoms with Crippen molar-refractivity contribution in [1.29, 1.82) is 0 Å². The molecule has 0 heterocycles. The fourth-order valence-corrected chi connectivity index (χ4v) is 4.78. The van der Waals surface area contributed by atoms with Gasteiger partial charge in [-0.05, 0) is 61.9 Å². The van der Waals surface area contributed by atoms with Crippen LogP contribution in [0, 0.1) is 6.92 Å². The average Bonchev–Trinajstić information content (AvgIpc) is 2.81. The van der Waals surface area contributed by atoms with Gasteiger partial charge in [-0.1, -0.05) is 47.5 Å². The van der Waals surface area contributed by atoms with Crippen LogP contribution < -0.4 is 15.0 Å². The van der Waals surface area contributed by atoms with E-state index in [4.69, 9.17) is 11.6 Å². The summed E-state index contributed by atoms with van der Waals surface area (Å²) in [5.41, 5.74) is 5.30. The maximum Gasteiger partial charge on any atom is 0.264 e. The first-order valence-corrected chi connectivity index (χ1v) is 12.4. The minimum absolute atomic E-state index is 0.0466. The highest BCUT2D eigenvalue weighted by Crippen LogP contribution is 2.26. The highest BCUT2D eigenvalue weighted by molar-refractivity contribution is 7.92. The number of carbonyl (C=O) groups excluding carboxylic acids is 2. The molecule has 0 bridgehead atoms. The molecule has 0 aliphatic heterocycles. The fraction of sp³-hybridized carbons (Fsp3) is 0.160. The van der Waals surface area contributed by atoms with E-state index in [1.165, 1.54) is 25.1 Å². The van der Waals surface area contributed by atoms with E-state index in [0.717, 1.165) is 9.87 Å². The maximum absolute atomic E-state index is 13.4. The third-order valence-corrected chi connectivity index (χ3v) is 6.96. The predicted octanol–water partition coefficient (Wildman–Crippen LogP) is 4.34. The molecule has 3 aromatic carbocycles. The van der Waals surface area contributed by atoms with Crippen molar-refractivity contribution in [3.63, 3.8) is 0 Å². The molecule has 0 radical (unpaired) electrons. The molecule has 0 aromatic heterocycles. The lowest BCUT2D eigenvalue weighted by Gasteiger charge is -2.24. The highest BCUT2D eigenvalue weighted by atomic mass is 35.5. The number of hydrazone groups is 1. The number of benzene rings is 3. The summed E-state index contributed by atoms with van der Waals surface area (Å²) >= 11 is 6.09. The lowest BCUT2D eigenvalue weighted by Crippen LogP contribution is -2.39. The number of halogens is 1. The molecule has 10 heteroatoms. The van der Waals surface area contributed by atoms with Crippen LogP contribution in [-0.2, 0) is 19.6 Å². The van der Waals surface area contributed by atoms with Gasteiger partial charge < -0.3 is 5.32 Å². The van der Waals surface area contributed by atoms with Crippen molar-refractivity contribution in [3.8, 4) is 0 Å². The van der Waals surface area contributed by atoms with Crippen LogP contribution >= 0.6 is 11.6 Å². The van der Waals surface area contributed by atoms with Gasteiger partial charge in [-0.2, -0.15) is 5.10 Å². The SMILES string of the molecule is CC(=O)Nc1cccc(/C(C)=N\NC(=O)CN(c2cccc(Cl)c2)S(=O)(=O)c2ccc(C)cc2)c1. The minimum Gasteiger partial charge on any atom is -0.326 e. The number of anilines is 2. The van der Waals surface area contributed by atoms with Crippen molar-refractivity contribution < 1.29 is 18.0 Å². The Balaban J connectivity index is 1.84. The van der Waals surface area contributed by atoms with Gasteiger partial charge in [0, 0.05) is 17.6 Å². The second-order valence-electron chi connectivity index (χ2n) is 7.80. The van der Waals surface area contributed by atoms with Crippen LogP contribution in [0.2, 0.25) is 5.02 Å². The van der Waals surface area contributed by atoms with Crippen LogP contribution in [0.3, 0.4) is 0 Å². The number of nitrogens with one attached hydrogen (secondary N) is 2. The molecule has 0 unspecified atom stereocenters. The molecule has 35 heavy (non-hydrogen) atoms. The smallest absolute Gasteiger partial charge is 0.264 e. The second-order valence-corrected chi connectivity index (χ2v) is 10.1. The Morgan fingerprint density at radius 1 is 0.971 bits per heavy atom. The minimum atomic E-state index is -4.07. The largest absolute Gasteiger partial charge is 0.326 e. The number of hydrogen-bond acceptors (Lipinski definition) is 5. The fourth-order valence-electron chi connectivity index (χ4n) is 3.19. The van der Waals surface area contributed by atoms with Crippen molar-refractivity contribution in [1.82, 2.24) is 5.43 Å². The summed E-state index contributed by atoms with van der Waals surface area (Å²) in [6, 6.07) is 19.6. The van der Waals surface area contributed by atoms with Gasteiger partial charge in [0.15, 0.2) is 0 Å². The van der Waals surface area contributed by atoms with Gasteiger partial charge in [0.25, 0.3) is 15.9 Å². The van der Waals surface area contributed by atoms with Gasteiger partial charge in [0.1, 0.15) is 6.54 Å². The van der Waals surface area contributed by atoms with E-state index in [-0.39, 0.29) is 16.5 Å². The molecule has 2 N–H and O–H groups in total. The first-order valence-electron chi connectivity index (χ1n) is 10.6. The Hall–Kier alpha value is -3.69. The van der Waals surface area contributed by atoms with Crippen LogP contribution in [0.5, 0.6) is 0 Å². The number of carbonyl (C=O) groups is 2. The van der Waals surface area contributed by atoms with Crippen molar-refractivity contribution >= 4 is 50.5 Å². The predicted molar refractivity (Wildman–Crippen MR) is 138 cm³/mol.